The average Bonchev–Trinajstić information content (AvgIpc) is 2.25. The molecule has 0 saturated heterocycles. The molecular weight excluding hydrogens is 272 g/mol. The molecule has 0 bridgehead atoms. The van der Waals surface area contributed by atoms with E-state index in [1.54, 1.807) is 11.9 Å². The van der Waals surface area contributed by atoms with Gasteiger partial charge in [-0.05, 0) is 29.5 Å². The van der Waals surface area contributed by atoms with Gasteiger partial charge in [0.2, 0.25) is 5.91 Å². The lowest BCUT2D eigenvalue weighted by Crippen LogP contribution is -2.35. The predicted octanol–water partition coefficient (Wildman–Crippen LogP) is 3.45. The molecule has 4 heteroatoms. The van der Waals surface area contributed by atoms with Gasteiger partial charge in [0.1, 0.15) is 0 Å². The molecule has 0 spiro atoms. The van der Waals surface area contributed by atoms with E-state index in [9.17, 15) is 4.79 Å². The zero-order valence-electron chi connectivity index (χ0n) is 12.8. The summed E-state index contributed by atoms with van der Waals surface area (Å²) in [6.45, 7) is 6.95. The number of nitrogens with two attached hydrogens (primary N) is 1. The molecule has 0 heterocycles. The first-order valence-corrected chi connectivity index (χ1v) is 7.29. The van der Waals surface area contributed by atoms with Crippen LogP contribution in [0.2, 0.25) is 5.02 Å². The van der Waals surface area contributed by atoms with Crippen LogP contribution in [-0.2, 0) is 11.3 Å². The maximum absolute atomic E-state index is 12.1. The Kier molecular flexibility index (Phi) is 6.03. The summed E-state index contributed by atoms with van der Waals surface area (Å²) in [6.07, 6.45) is 1.22. The molecule has 0 aliphatic carbocycles. The average molecular weight is 297 g/mol. The molecule has 1 rings (SSSR count). The van der Waals surface area contributed by atoms with Crippen LogP contribution in [0.25, 0.3) is 0 Å². The number of nitrogens with zero attached hydrogens (tertiary/aromatic N) is 1. The Morgan fingerprint density at radius 3 is 2.60 bits per heavy atom. The Balaban J connectivity index is 2.51. The van der Waals surface area contributed by atoms with Gasteiger partial charge in [-0.2, -0.15) is 0 Å². The van der Waals surface area contributed by atoms with Gasteiger partial charge in [-0.15, -0.1) is 0 Å². The molecule has 1 amide bonds. The molecule has 1 atom stereocenters. The molecule has 1 unspecified atom stereocenters. The van der Waals surface area contributed by atoms with E-state index >= 15 is 0 Å². The fourth-order valence-electron chi connectivity index (χ4n) is 2.24. The van der Waals surface area contributed by atoms with Crippen LogP contribution in [0.15, 0.2) is 24.3 Å². The van der Waals surface area contributed by atoms with Gasteiger partial charge >= 0.3 is 0 Å². The van der Waals surface area contributed by atoms with Crippen molar-refractivity contribution in [2.75, 3.05) is 7.05 Å². The largest absolute Gasteiger partial charge is 0.341 e. The number of hydrogen-bond donors (Lipinski definition) is 1. The summed E-state index contributed by atoms with van der Waals surface area (Å²) in [4.78, 5) is 13.8. The SMILES string of the molecule is CN(Cc1cccc(Cl)c1)C(=O)CC(N)CC(C)(C)C. The molecule has 0 aromatic heterocycles. The Hall–Kier alpha value is -1.06. The van der Waals surface area contributed by atoms with Crippen molar-refractivity contribution in [3.05, 3.63) is 34.9 Å². The summed E-state index contributed by atoms with van der Waals surface area (Å²) in [5.41, 5.74) is 7.22. The number of rotatable bonds is 5. The van der Waals surface area contributed by atoms with Crippen LogP contribution >= 0.6 is 11.6 Å². The first-order chi connectivity index (χ1) is 9.17. The highest BCUT2D eigenvalue weighted by Gasteiger charge is 2.19. The highest BCUT2D eigenvalue weighted by Crippen LogP contribution is 2.21. The molecule has 1 aromatic carbocycles. The van der Waals surface area contributed by atoms with E-state index in [1.165, 1.54) is 0 Å². The summed E-state index contributed by atoms with van der Waals surface area (Å²) in [5, 5.41) is 0.688. The molecular formula is C16H25ClN2O. The van der Waals surface area contributed by atoms with Crippen LogP contribution in [-0.4, -0.2) is 23.9 Å². The second kappa shape index (κ2) is 7.09. The van der Waals surface area contributed by atoms with Crippen molar-refractivity contribution in [3.63, 3.8) is 0 Å². The van der Waals surface area contributed by atoms with Crippen molar-refractivity contribution in [1.29, 1.82) is 0 Å². The maximum Gasteiger partial charge on any atom is 0.224 e. The third kappa shape index (κ3) is 6.40. The van der Waals surface area contributed by atoms with E-state index in [1.807, 2.05) is 24.3 Å². The van der Waals surface area contributed by atoms with E-state index in [0.717, 1.165) is 12.0 Å². The van der Waals surface area contributed by atoms with Gasteiger partial charge in [0.05, 0.1) is 0 Å². The quantitative estimate of drug-likeness (QED) is 0.904. The molecule has 20 heavy (non-hydrogen) atoms. The van der Waals surface area contributed by atoms with Gasteiger partial charge in [-0.25, -0.2) is 0 Å². The lowest BCUT2D eigenvalue weighted by molar-refractivity contribution is -0.130. The lowest BCUT2D eigenvalue weighted by atomic mass is 9.87. The minimum Gasteiger partial charge on any atom is -0.341 e. The molecule has 3 nitrogen and oxygen atoms in total. The molecule has 112 valence electrons. The van der Waals surface area contributed by atoms with E-state index in [-0.39, 0.29) is 17.4 Å². The normalized spacial score (nSPS) is 13.1. The number of benzene rings is 1. The Morgan fingerprint density at radius 1 is 1.40 bits per heavy atom. The first-order valence-electron chi connectivity index (χ1n) is 6.91. The van der Waals surface area contributed by atoms with Gasteiger partial charge in [-0.1, -0.05) is 44.5 Å². The molecule has 0 radical (unpaired) electrons. The summed E-state index contributed by atoms with van der Waals surface area (Å²) >= 11 is 5.94. The fraction of sp³-hybridized carbons (Fsp3) is 0.562. The van der Waals surface area contributed by atoms with Crippen LogP contribution in [0.5, 0.6) is 0 Å². The molecule has 0 fully saturated rings. The van der Waals surface area contributed by atoms with E-state index < -0.39 is 0 Å². The zero-order chi connectivity index (χ0) is 15.3. The van der Waals surface area contributed by atoms with Crippen LogP contribution in [0.3, 0.4) is 0 Å². The van der Waals surface area contributed by atoms with E-state index in [4.69, 9.17) is 17.3 Å². The van der Waals surface area contributed by atoms with Crippen molar-refractivity contribution in [2.45, 2.75) is 46.2 Å². The highest BCUT2D eigenvalue weighted by atomic mass is 35.5. The smallest absolute Gasteiger partial charge is 0.224 e. The molecule has 0 saturated carbocycles. The number of halogens is 1. The lowest BCUT2D eigenvalue weighted by Gasteiger charge is -2.25. The van der Waals surface area contributed by atoms with Crippen molar-refractivity contribution in [2.24, 2.45) is 11.1 Å². The van der Waals surface area contributed by atoms with Crippen molar-refractivity contribution < 1.29 is 4.79 Å². The van der Waals surface area contributed by atoms with E-state index in [0.29, 0.717) is 18.0 Å². The number of hydrogen-bond acceptors (Lipinski definition) is 2. The minimum absolute atomic E-state index is 0.0710. The maximum atomic E-state index is 12.1. The topological polar surface area (TPSA) is 46.3 Å². The summed E-state index contributed by atoms with van der Waals surface area (Å²) in [7, 11) is 1.80. The van der Waals surface area contributed by atoms with Crippen LogP contribution in [0, 0.1) is 5.41 Å². The summed E-state index contributed by atoms with van der Waals surface area (Å²) in [5.74, 6) is 0.0710. The minimum atomic E-state index is -0.0932. The van der Waals surface area contributed by atoms with E-state index in [2.05, 4.69) is 20.8 Å². The van der Waals surface area contributed by atoms with Gasteiger partial charge in [-0.3, -0.25) is 4.79 Å². The Morgan fingerprint density at radius 2 is 2.05 bits per heavy atom. The Labute approximate surface area is 127 Å². The van der Waals surface area contributed by atoms with Crippen molar-refractivity contribution in [1.82, 2.24) is 4.90 Å². The molecule has 0 aliphatic rings. The van der Waals surface area contributed by atoms with Crippen LogP contribution in [0.4, 0.5) is 0 Å². The highest BCUT2D eigenvalue weighted by molar-refractivity contribution is 6.30. The molecule has 2 N–H and O–H groups in total. The predicted molar refractivity (Wildman–Crippen MR) is 84.6 cm³/mol. The Bertz CT molecular complexity index is 454. The number of amides is 1. The second-order valence-electron chi connectivity index (χ2n) is 6.61. The second-order valence-corrected chi connectivity index (χ2v) is 7.05. The monoisotopic (exact) mass is 296 g/mol. The third-order valence-electron chi connectivity index (χ3n) is 3.05. The van der Waals surface area contributed by atoms with Gasteiger partial charge in [0.15, 0.2) is 0 Å². The third-order valence-corrected chi connectivity index (χ3v) is 3.28. The number of carbonyl (C=O) groups is 1. The fourth-order valence-corrected chi connectivity index (χ4v) is 2.45. The van der Waals surface area contributed by atoms with Crippen molar-refractivity contribution >= 4 is 17.5 Å². The first kappa shape index (κ1) is 17.0. The van der Waals surface area contributed by atoms with Crippen LogP contribution < -0.4 is 5.73 Å². The summed E-state index contributed by atoms with van der Waals surface area (Å²) < 4.78 is 0. The van der Waals surface area contributed by atoms with Crippen molar-refractivity contribution in [3.8, 4) is 0 Å². The zero-order valence-corrected chi connectivity index (χ0v) is 13.6. The van der Waals surface area contributed by atoms with Crippen LogP contribution in [0.1, 0.15) is 39.2 Å². The van der Waals surface area contributed by atoms with Gasteiger partial charge in [0.25, 0.3) is 0 Å². The molecule has 1 aromatic rings. The van der Waals surface area contributed by atoms with Gasteiger partial charge < -0.3 is 10.6 Å². The number of carbonyl (C=O) groups excluding carboxylic acids is 1. The summed E-state index contributed by atoms with van der Waals surface area (Å²) in [6, 6.07) is 7.46. The molecule has 0 aliphatic heterocycles. The standard InChI is InChI=1S/C16H25ClN2O/c1-16(2,3)10-14(18)9-15(20)19(4)11-12-6-5-7-13(17)8-12/h5-8,14H,9-11,18H2,1-4H3. The van der Waals surface area contributed by atoms with Gasteiger partial charge in [0, 0.05) is 31.1 Å².